The lowest BCUT2D eigenvalue weighted by atomic mass is 9.85. The van der Waals surface area contributed by atoms with E-state index in [0.717, 1.165) is 32.2 Å². The Bertz CT molecular complexity index is 234. The first-order valence-corrected chi connectivity index (χ1v) is 6.16. The van der Waals surface area contributed by atoms with Crippen LogP contribution in [0.5, 0.6) is 0 Å². The van der Waals surface area contributed by atoms with Gasteiger partial charge in [-0.05, 0) is 33.9 Å². The molecule has 1 fully saturated rings. The number of hydrogen-bond acceptors (Lipinski definition) is 3. The van der Waals surface area contributed by atoms with E-state index in [9.17, 15) is 4.79 Å². The van der Waals surface area contributed by atoms with Gasteiger partial charge in [0.05, 0.1) is 5.41 Å². The Hall–Kier alpha value is -0.610. The first-order chi connectivity index (χ1) is 7.50. The van der Waals surface area contributed by atoms with Gasteiger partial charge in [-0.3, -0.25) is 4.79 Å². The van der Waals surface area contributed by atoms with Crippen molar-refractivity contribution in [2.75, 3.05) is 27.2 Å². The van der Waals surface area contributed by atoms with E-state index in [4.69, 9.17) is 5.73 Å². The third-order valence-electron chi connectivity index (χ3n) is 3.45. The molecule has 0 aliphatic heterocycles. The minimum absolute atomic E-state index is 0.154. The van der Waals surface area contributed by atoms with Crippen molar-refractivity contribution in [3.63, 3.8) is 0 Å². The van der Waals surface area contributed by atoms with Crippen LogP contribution in [-0.2, 0) is 4.79 Å². The standard InChI is InChI=1S/C12H25N3O/c1-10(8-15(2)3)14-11(16)12(9-13)6-4-5-7-12/h10H,4-9,13H2,1-3H3,(H,14,16). The second-order valence-corrected chi connectivity index (χ2v) is 5.33. The van der Waals surface area contributed by atoms with Crippen molar-refractivity contribution in [2.24, 2.45) is 11.1 Å². The summed E-state index contributed by atoms with van der Waals surface area (Å²) in [5.41, 5.74) is 5.50. The number of hydrogen-bond donors (Lipinski definition) is 2. The van der Waals surface area contributed by atoms with Gasteiger partial charge in [0.1, 0.15) is 0 Å². The topological polar surface area (TPSA) is 58.4 Å². The Balaban J connectivity index is 2.50. The number of carbonyl (C=O) groups is 1. The van der Waals surface area contributed by atoms with E-state index in [1.165, 1.54) is 0 Å². The Morgan fingerprint density at radius 3 is 2.44 bits per heavy atom. The molecule has 1 aliphatic rings. The van der Waals surface area contributed by atoms with Crippen molar-refractivity contribution < 1.29 is 4.79 Å². The molecule has 4 nitrogen and oxygen atoms in total. The fourth-order valence-corrected chi connectivity index (χ4v) is 2.55. The molecule has 0 aromatic rings. The SMILES string of the molecule is CC(CN(C)C)NC(=O)C1(CN)CCCC1. The molecule has 1 saturated carbocycles. The molecule has 1 atom stereocenters. The molecule has 1 unspecified atom stereocenters. The Kier molecular flexibility index (Phi) is 4.74. The van der Waals surface area contributed by atoms with Crippen molar-refractivity contribution in [1.29, 1.82) is 0 Å². The highest BCUT2D eigenvalue weighted by Crippen LogP contribution is 2.37. The average molecular weight is 227 g/mol. The summed E-state index contributed by atoms with van der Waals surface area (Å²) in [4.78, 5) is 14.3. The van der Waals surface area contributed by atoms with Crippen molar-refractivity contribution in [3.8, 4) is 0 Å². The summed E-state index contributed by atoms with van der Waals surface area (Å²) < 4.78 is 0. The lowest BCUT2D eigenvalue weighted by Gasteiger charge is -2.28. The Morgan fingerprint density at radius 2 is 2.00 bits per heavy atom. The number of likely N-dealkylation sites (N-methyl/N-ethyl adjacent to an activating group) is 1. The molecule has 0 radical (unpaired) electrons. The fourth-order valence-electron chi connectivity index (χ4n) is 2.55. The van der Waals surface area contributed by atoms with E-state index in [2.05, 4.69) is 10.2 Å². The van der Waals surface area contributed by atoms with E-state index >= 15 is 0 Å². The van der Waals surface area contributed by atoms with E-state index < -0.39 is 0 Å². The molecule has 0 saturated heterocycles. The normalized spacial score (nSPS) is 21.1. The number of rotatable bonds is 5. The number of carbonyl (C=O) groups excluding carboxylic acids is 1. The maximum Gasteiger partial charge on any atom is 0.227 e. The van der Waals surface area contributed by atoms with E-state index in [1.54, 1.807) is 0 Å². The Labute approximate surface area is 98.6 Å². The fraction of sp³-hybridized carbons (Fsp3) is 0.917. The molecule has 3 N–H and O–H groups in total. The maximum absolute atomic E-state index is 12.2. The van der Waals surface area contributed by atoms with Gasteiger partial charge in [0.15, 0.2) is 0 Å². The van der Waals surface area contributed by atoms with Crippen LogP contribution in [0.1, 0.15) is 32.6 Å². The predicted molar refractivity (Wildman–Crippen MR) is 66.1 cm³/mol. The first kappa shape index (κ1) is 13.5. The van der Waals surface area contributed by atoms with Crippen LogP contribution in [0.4, 0.5) is 0 Å². The molecule has 0 heterocycles. The van der Waals surface area contributed by atoms with Gasteiger partial charge in [0.2, 0.25) is 5.91 Å². The summed E-state index contributed by atoms with van der Waals surface area (Å²) in [6.07, 6.45) is 4.16. The van der Waals surface area contributed by atoms with E-state index in [-0.39, 0.29) is 17.4 Å². The van der Waals surface area contributed by atoms with E-state index in [1.807, 2.05) is 21.0 Å². The van der Waals surface area contributed by atoms with Crippen molar-refractivity contribution in [3.05, 3.63) is 0 Å². The zero-order chi connectivity index (χ0) is 12.2. The number of nitrogens with two attached hydrogens (primary N) is 1. The first-order valence-electron chi connectivity index (χ1n) is 6.16. The van der Waals surface area contributed by atoms with Crippen LogP contribution in [0.25, 0.3) is 0 Å². The smallest absolute Gasteiger partial charge is 0.227 e. The molecule has 0 spiro atoms. The lowest BCUT2D eigenvalue weighted by molar-refractivity contribution is -0.131. The second-order valence-electron chi connectivity index (χ2n) is 5.33. The van der Waals surface area contributed by atoms with Crippen molar-refractivity contribution in [1.82, 2.24) is 10.2 Å². The van der Waals surface area contributed by atoms with Crippen molar-refractivity contribution >= 4 is 5.91 Å². The number of nitrogens with zero attached hydrogens (tertiary/aromatic N) is 1. The summed E-state index contributed by atoms with van der Waals surface area (Å²) in [5.74, 6) is 0.154. The molecule has 1 aliphatic carbocycles. The average Bonchev–Trinajstić information content (AvgIpc) is 2.65. The van der Waals surface area contributed by atoms with Crippen LogP contribution in [0.2, 0.25) is 0 Å². The second kappa shape index (κ2) is 5.64. The molecular weight excluding hydrogens is 202 g/mol. The molecule has 1 amide bonds. The third-order valence-corrected chi connectivity index (χ3v) is 3.45. The summed E-state index contributed by atoms with van der Waals surface area (Å²) in [6, 6.07) is 0.187. The van der Waals surface area contributed by atoms with Gasteiger partial charge < -0.3 is 16.0 Å². The monoisotopic (exact) mass is 227 g/mol. The highest BCUT2D eigenvalue weighted by molar-refractivity contribution is 5.83. The molecule has 94 valence electrons. The summed E-state index contributed by atoms with van der Waals surface area (Å²) in [5, 5.41) is 3.08. The number of nitrogens with one attached hydrogen (secondary N) is 1. The van der Waals surface area contributed by atoms with Crippen LogP contribution in [0.15, 0.2) is 0 Å². The van der Waals surface area contributed by atoms with Gasteiger partial charge in [-0.1, -0.05) is 12.8 Å². The van der Waals surface area contributed by atoms with Gasteiger partial charge in [-0.25, -0.2) is 0 Å². The molecule has 4 heteroatoms. The van der Waals surface area contributed by atoms with Crippen LogP contribution in [-0.4, -0.2) is 44.0 Å². The van der Waals surface area contributed by atoms with Crippen molar-refractivity contribution in [2.45, 2.75) is 38.6 Å². The van der Waals surface area contributed by atoms with Gasteiger partial charge in [-0.2, -0.15) is 0 Å². The summed E-state index contributed by atoms with van der Waals surface area (Å²) in [6.45, 7) is 3.39. The quantitative estimate of drug-likeness (QED) is 0.722. The molecule has 16 heavy (non-hydrogen) atoms. The summed E-state index contributed by atoms with van der Waals surface area (Å²) >= 11 is 0. The van der Waals surface area contributed by atoms with Crippen LogP contribution in [0.3, 0.4) is 0 Å². The zero-order valence-corrected chi connectivity index (χ0v) is 10.8. The highest BCUT2D eigenvalue weighted by Gasteiger charge is 2.40. The Morgan fingerprint density at radius 1 is 1.44 bits per heavy atom. The number of amides is 1. The van der Waals surface area contributed by atoms with Crippen LogP contribution in [0, 0.1) is 5.41 Å². The van der Waals surface area contributed by atoms with Crippen LogP contribution < -0.4 is 11.1 Å². The van der Waals surface area contributed by atoms with E-state index in [0.29, 0.717) is 6.54 Å². The minimum atomic E-state index is -0.277. The highest BCUT2D eigenvalue weighted by atomic mass is 16.2. The third kappa shape index (κ3) is 3.19. The van der Waals surface area contributed by atoms with Gasteiger partial charge >= 0.3 is 0 Å². The van der Waals surface area contributed by atoms with Gasteiger partial charge in [0.25, 0.3) is 0 Å². The largest absolute Gasteiger partial charge is 0.352 e. The molecular formula is C12H25N3O. The molecule has 0 aromatic heterocycles. The van der Waals surface area contributed by atoms with Gasteiger partial charge in [0, 0.05) is 19.1 Å². The molecule has 0 aromatic carbocycles. The minimum Gasteiger partial charge on any atom is -0.352 e. The van der Waals surface area contributed by atoms with Gasteiger partial charge in [-0.15, -0.1) is 0 Å². The molecule has 0 bridgehead atoms. The zero-order valence-electron chi connectivity index (χ0n) is 10.8. The predicted octanol–water partition coefficient (Wildman–Crippen LogP) is 0.572. The molecule has 1 rings (SSSR count). The lowest BCUT2D eigenvalue weighted by Crippen LogP contribution is -2.49. The van der Waals surface area contributed by atoms with Crippen LogP contribution >= 0.6 is 0 Å². The summed E-state index contributed by atoms with van der Waals surface area (Å²) in [7, 11) is 4.02. The maximum atomic E-state index is 12.2.